The monoisotopic (exact) mass is 765 g/mol. The lowest BCUT2D eigenvalue weighted by Crippen LogP contribution is -2.60. The Kier molecular flexibility index (Phi) is 13.2. The number of nitrogens with zero attached hydrogens (tertiary/aromatic N) is 2. The molecule has 5 rings (SSSR count). The molecule has 0 bridgehead atoms. The lowest BCUT2D eigenvalue weighted by molar-refractivity contribution is -0.296. The fourth-order valence-electron chi connectivity index (χ4n) is 8.75. The van der Waals surface area contributed by atoms with Crippen LogP contribution in [0.3, 0.4) is 0 Å². The van der Waals surface area contributed by atoms with Gasteiger partial charge in [0.1, 0.15) is 23.9 Å². The Labute approximate surface area is 324 Å². The molecule has 3 fully saturated rings. The minimum atomic E-state index is -1.38. The van der Waals surface area contributed by atoms with E-state index < -0.39 is 83.4 Å². The molecule has 13 atom stereocenters. The van der Waals surface area contributed by atoms with Gasteiger partial charge in [0.2, 0.25) is 0 Å². The maximum atomic E-state index is 14.4. The number of hydrogen-bond acceptors (Lipinski definition) is 12. The van der Waals surface area contributed by atoms with E-state index in [0.717, 1.165) is 16.5 Å². The molecule has 0 unspecified atom stereocenters. The second-order valence-corrected chi connectivity index (χ2v) is 16.3. The van der Waals surface area contributed by atoms with E-state index in [-0.39, 0.29) is 37.4 Å². The van der Waals surface area contributed by atoms with Crippen molar-refractivity contribution >= 4 is 40.6 Å². The number of hydrogen-bond donors (Lipinski definition) is 2. The highest BCUT2D eigenvalue weighted by Gasteiger charge is 2.57. The fourth-order valence-corrected chi connectivity index (χ4v) is 8.75. The standard InChI is InChI=1S/C42H59N3O10/c1-11-32-42(8)36(44-40(50)55-42)25(4)33(46)23(2)22-41(7,51-19-13-14-28-16-17-30-29(21-28)15-12-18-43-30)37(26(5)34(47)27(6)38(49)53-32)54-39-35(48)31(45(9)10)20-24(3)52-39/h12-18,21,23-27,31-32,35-37,39,48H,11,19-20,22H2,1-10H3,(H,44,50)/b14-13+/t23-,24-,25+,26+,27-,31+,32-,35-,36-,37-,39+,41-,42-/m1/s1. The quantitative estimate of drug-likeness (QED) is 0.270. The van der Waals surface area contributed by atoms with E-state index in [1.807, 2.05) is 68.4 Å². The van der Waals surface area contributed by atoms with Crippen LogP contribution in [0, 0.1) is 23.7 Å². The average Bonchev–Trinajstić information content (AvgIpc) is 3.47. The molecule has 3 aliphatic heterocycles. The average molecular weight is 766 g/mol. The van der Waals surface area contributed by atoms with Gasteiger partial charge in [-0.05, 0) is 84.8 Å². The summed E-state index contributed by atoms with van der Waals surface area (Å²) in [5.41, 5.74) is -0.923. The lowest BCUT2D eigenvalue weighted by Gasteiger charge is -2.47. The molecule has 0 saturated carbocycles. The van der Waals surface area contributed by atoms with E-state index >= 15 is 0 Å². The first-order valence-electron chi connectivity index (χ1n) is 19.5. The summed E-state index contributed by atoms with van der Waals surface area (Å²) in [4.78, 5) is 61.7. The summed E-state index contributed by atoms with van der Waals surface area (Å²) in [6.07, 6.45) is 1.17. The van der Waals surface area contributed by atoms with Crippen LogP contribution in [-0.4, -0.2) is 113 Å². The van der Waals surface area contributed by atoms with Crippen LogP contribution in [-0.2, 0) is 38.1 Å². The zero-order valence-corrected chi connectivity index (χ0v) is 33.8. The number of carbonyl (C=O) groups is 4. The molecule has 4 heterocycles. The molecule has 2 aromatic rings. The molecule has 13 heteroatoms. The Morgan fingerprint density at radius 2 is 1.76 bits per heavy atom. The van der Waals surface area contributed by atoms with Gasteiger partial charge in [-0.25, -0.2) is 4.79 Å². The molecule has 2 N–H and O–H groups in total. The fraction of sp³-hybridized carbons (Fsp3) is 0.643. The summed E-state index contributed by atoms with van der Waals surface area (Å²) in [7, 11) is 3.74. The maximum Gasteiger partial charge on any atom is 0.408 e. The van der Waals surface area contributed by atoms with Gasteiger partial charge in [0, 0.05) is 35.4 Å². The number of carbonyl (C=O) groups excluding carboxylic acids is 4. The highest BCUT2D eigenvalue weighted by molar-refractivity contribution is 6.00. The summed E-state index contributed by atoms with van der Waals surface area (Å²) in [5.74, 6) is -5.10. The number of nitrogens with one attached hydrogen (secondary N) is 1. The molecule has 13 nitrogen and oxygen atoms in total. The zero-order chi connectivity index (χ0) is 40.4. The Hall–Kier alpha value is -3.75. The highest BCUT2D eigenvalue weighted by Crippen LogP contribution is 2.40. The topological polar surface area (TPSA) is 163 Å². The van der Waals surface area contributed by atoms with Gasteiger partial charge < -0.3 is 39.0 Å². The van der Waals surface area contributed by atoms with Crippen LogP contribution in [0.2, 0.25) is 0 Å². The maximum absolute atomic E-state index is 14.4. The largest absolute Gasteiger partial charge is 0.458 e. The number of cyclic esters (lactones) is 1. The molecule has 1 aromatic heterocycles. The van der Waals surface area contributed by atoms with Gasteiger partial charge >= 0.3 is 12.1 Å². The summed E-state index contributed by atoms with van der Waals surface area (Å²) in [5, 5.41) is 15.4. The van der Waals surface area contributed by atoms with Crippen molar-refractivity contribution in [2.45, 2.75) is 129 Å². The van der Waals surface area contributed by atoms with E-state index in [4.69, 9.17) is 23.7 Å². The minimum absolute atomic E-state index is 0.0734. The number of esters is 1. The van der Waals surface area contributed by atoms with Crippen LogP contribution in [0.25, 0.3) is 17.0 Å². The Morgan fingerprint density at radius 1 is 1.04 bits per heavy atom. The molecule has 1 amide bonds. The van der Waals surface area contributed by atoms with E-state index in [2.05, 4.69) is 10.3 Å². The van der Waals surface area contributed by atoms with Crippen LogP contribution in [0.15, 0.2) is 42.6 Å². The first-order valence-corrected chi connectivity index (χ1v) is 19.5. The normalized spacial score (nSPS) is 38.1. The molecule has 0 radical (unpaired) electrons. The van der Waals surface area contributed by atoms with Crippen LogP contribution in [0.1, 0.15) is 80.2 Å². The van der Waals surface area contributed by atoms with E-state index in [9.17, 15) is 24.3 Å². The Balaban J connectivity index is 1.56. The number of benzene rings is 1. The summed E-state index contributed by atoms with van der Waals surface area (Å²) in [6, 6.07) is 8.65. The number of aromatic nitrogens is 1. The van der Waals surface area contributed by atoms with Gasteiger partial charge in [0.05, 0.1) is 36.0 Å². The SMILES string of the molecule is CC[C@H]1OC(=O)[C@H](C)C(=O)[C@H](C)[C@@H](O[C@@H]2O[C@H](C)C[C@H](N(C)C)[C@H]2O)[C@](C)(OC/C=C/c2ccc3ncccc3c2)C[C@@H](C)C(=O)[C@H](C)[C@H]2NC(=O)O[C@@]21C. The van der Waals surface area contributed by atoms with Crippen LogP contribution < -0.4 is 5.32 Å². The van der Waals surface area contributed by atoms with Crippen molar-refractivity contribution in [1.29, 1.82) is 0 Å². The van der Waals surface area contributed by atoms with Crippen molar-refractivity contribution in [1.82, 2.24) is 15.2 Å². The molecular formula is C42H59N3O10. The number of likely N-dealkylation sites (N-methyl/N-ethyl adjacent to an activating group) is 1. The number of alkyl carbamates (subject to hydrolysis) is 1. The number of Topliss-reactive ketones (excluding diaryl/α,β-unsaturated/α-hetero) is 2. The van der Waals surface area contributed by atoms with Crippen molar-refractivity contribution in [2.24, 2.45) is 23.7 Å². The van der Waals surface area contributed by atoms with Crippen molar-refractivity contribution in [3.05, 3.63) is 48.2 Å². The first-order chi connectivity index (χ1) is 25.9. The number of aliphatic hydroxyl groups excluding tert-OH is 1. The first kappa shape index (κ1) is 42.4. The van der Waals surface area contributed by atoms with Gasteiger partial charge in [-0.15, -0.1) is 0 Å². The second kappa shape index (κ2) is 17.2. The lowest BCUT2D eigenvalue weighted by atomic mass is 9.73. The third-order valence-corrected chi connectivity index (χ3v) is 11.9. The zero-order valence-electron chi connectivity index (χ0n) is 33.8. The highest BCUT2D eigenvalue weighted by atomic mass is 16.7. The van der Waals surface area contributed by atoms with Gasteiger partial charge in [-0.2, -0.15) is 0 Å². The van der Waals surface area contributed by atoms with Crippen LogP contribution in [0.5, 0.6) is 0 Å². The number of amides is 1. The third kappa shape index (κ3) is 8.96. The van der Waals surface area contributed by atoms with Gasteiger partial charge in [-0.1, -0.05) is 52.0 Å². The number of rotatable bonds is 8. The predicted octanol–water partition coefficient (Wildman–Crippen LogP) is 5.11. The van der Waals surface area contributed by atoms with E-state index in [0.29, 0.717) is 6.42 Å². The van der Waals surface area contributed by atoms with Crippen molar-refractivity contribution in [3.8, 4) is 0 Å². The summed E-state index contributed by atoms with van der Waals surface area (Å²) in [6.45, 7) is 13.9. The molecule has 0 aliphatic carbocycles. The number of ketones is 2. The van der Waals surface area contributed by atoms with Gasteiger partial charge in [-0.3, -0.25) is 19.4 Å². The van der Waals surface area contributed by atoms with Gasteiger partial charge in [0.15, 0.2) is 17.7 Å². The molecular weight excluding hydrogens is 706 g/mol. The number of fused-ring (bicyclic) bond motifs is 2. The van der Waals surface area contributed by atoms with E-state index in [1.165, 1.54) is 6.92 Å². The molecule has 3 aliphatic rings. The summed E-state index contributed by atoms with van der Waals surface area (Å²) >= 11 is 0. The molecule has 55 heavy (non-hydrogen) atoms. The minimum Gasteiger partial charge on any atom is -0.458 e. The molecule has 0 spiro atoms. The van der Waals surface area contributed by atoms with Crippen molar-refractivity contribution < 1.29 is 48.0 Å². The molecule has 1 aromatic carbocycles. The van der Waals surface area contributed by atoms with Gasteiger partial charge in [0.25, 0.3) is 0 Å². The molecule has 302 valence electrons. The van der Waals surface area contributed by atoms with Crippen molar-refractivity contribution in [2.75, 3.05) is 20.7 Å². The number of aliphatic hydroxyl groups is 1. The van der Waals surface area contributed by atoms with Crippen LogP contribution >= 0.6 is 0 Å². The molecule has 3 saturated heterocycles. The Morgan fingerprint density at radius 3 is 2.45 bits per heavy atom. The Bertz CT molecular complexity index is 1750. The number of pyridine rings is 1. The smallest absolute Gasteiger partial charge is 0.408 e. The second-order valence-electron chi connectivity index (χ2n) is 16.3. The van der Waals surface area contributed by atoms with E-state index in [1.54, 1.807) is 47.7 Å². The predicted molar refractivity (Wildman–Crippen MR) is 206 cm³/mol. The van der Waals surface area contributed by atoms with Crippen molar-refractivity contribution in [3.63, 3.8) is 0 Å². The summed E-state index contributed by atoms with van der Waals surface area (Å²) < 4.78 is 31.4. The third-order valence-electron chi connectivity index (χ3n) is 11.9. The number of ether oxygens (including phenoxy) is 5. The van der Waals surface area contributed by atoms with Crippen LogP contribution in [0.4, 0.5) is 4.79 Å².